The molecule has 3 aromatic rings. The van der Waals surface area contributed by atoms with Crippen molar-refractivity contribution in [3.8, 4) is 0 Å². The molecular weight excluding hydrogens is 275 g/mol. The molecule has 0 N–H and O–H groups in total. The van der Waals surface area contributed by atoms with E-state index in [1.165, 1.54) is 0 Å². The number of hydrogen-bond donors (Lipinski definition) is 0. The second kappa shape index (κ2) is 6.47. The summed E-state index contributed by atoms with van der Waals surface area (Å²) in [6, 6.07) is 29.9. The van der Waals surface area contributed by atoms with Crippen LogP contribution in [0.5, 0.6) is 0 Å². The minimum atomic E-state index is -1.54. The van der Waals surface area contributed by atoms with Gasteiger partial charge in [-0.1, -0.05) is 83.4 Å². The molecule has 0 spiro atoms. The lowest BCUT2D eigenvalue weighted by Crippen LogP contribution is -2.04. The summed E-state index contributed by atoms with van der Waals surface area (Å²) in [7, 11) is -1.54. The van der Waals surface area contributed by atoms with Crippen LogP contribution in [0.3, 0.4) is 0 Å². The van der Waals surface area contributed by atoms with Crippen molar-refractivity contribution in [3.05, 3.63) is 102 Å². The van der Waals surface area contributed by atoms with Crippen molar-refractivity contribution in [1.82, 2.24) is 0 Å². The highest BCUT2D eigenvalue weighted by molar-refractivity contribution is 7.54. The van der Waals surface area contributed by atoms with Crippen molar-refractivity contribution >= 4 is 13.1 Å². The van der Waals surface area contributed by atoms with Crippen LogP contribution >= 0.6 is 7.80 Å². The van der Waals surface area contributed by atoms with Gasteiger partial charge in [0.15, 0.2) is 5.30 Å². The average molecular weight is 291 g/mol. The molecule has 0 amide bonds. The van der Waals surface area contributed by atoms with Gasteiger partial charge < -0.3 is 0 Å². The summed E-state index contributed by atoms with van der Waals surface area (Å²) < 4.78 is 13.1. The van der Waals surface area contributed by atoms with Crippen LogP contribution in [0.1, 0.15) is 16.8 Å². The van der Waals surface area contributed by atoms with E-state index in [9.17, 15) is 4.57 Å². The smallest absolute Gasteiger partial charge is 0.0670 e. The summed E-state index contributed by atoms with van der Waals surface area (Å²) in [5.41, 5.74) is 2.08. The van der Waals surface area contributed by atoms with Crippen molar-refractivity contribution in [2.45, 2.75) is 5.66 Å². The number of benzene rings is 3. The second-order valence-corrected chi connectivity index (χ2v) is 6.57. The first-order valence-corrected chi connectivity index (χ1v) is 8.30. The van der Waals surface area contributed by atoms with Gasteiger partial charge in [0.25, 0.3) is 0 Å². The fraction of sp³-hybridized carbons (Fsp3) is 0.0526. The predicted molar refractivity (Wildman–Crippen MR) is 88.4 cm³/mol. The molecule has 1 atom stereocenters. The molecule has 0 saturated carbocycles. The van der Waals surface area contributed by atoms with E-state index >= 15 is 0 Å². The first-order chi connectivity index (χ1) is 10.4. The molecule has 3 aromatic carbocycles. The van der Waals surface area contributed by atoms with E-state index in [1.807, 2.05) is 91.0 Å². The first kappa shape index (κ1) is 13.7. The minimum absolute atomic E-state index is 0.107. The SMILES string of the molecule is O=[P+](c1ccccc1)C(c1ccccc1)c1ccccc1. The molecule has 21 heavy (non-hydrogen) atoms. The largest absolute Gasteiger partial charge is 0.389 e. The van der Waals surface area contributed by atoms with E-state index in [-0.39, 0.29) is 5.66 Å². The number of hydrogen-bond acceptors (Lipinski definition) is 1. The van der Waals surface area contributed by atoms with Crippen LogP contribution in [0.4, 0.5) is 0 Å². The molecular formula is C19H16OP+. The van der Waals surface area contributed by atoms with Crippen molar-refractivity contribution in [2.24, 2.45) is 0 Å². The third-order valence-electron chi connectivity index (χ3n) is 3.48. The van der Waals surface area contributed by atoms with E-state index in [4.69, 9.17) is 0 Å². The van der Waals surface area contributed by atoms with E-state index in [0.29, 0.717) is 0 Å². The summed E-state index contributed by atoms with van der Waals surface area (Å²) in [5.74, 6) is 0. The maximum atomic E-state index is 13.1. The van der Waals surface area contributed by atoms with Gasteiger partial charge in [-0.3, -0.25) is 0 Å². The number of rotatable bonds is 4. The highest BCUT2D eigenvalue weighted by Gasteiger charge is 2.35. The monoisotopic (exact) mass is 291 g/mol. The van der Waals surface area contributed by atoms with Crippen LogP contribution in [-0.4, -0.2) is 0 Å². The Labute approximate surface area is 126 Å². The Kier molecular flexibility index (Phi) is 4.23. The maximum Gasteiger partial charge on any atom is 0.389 e. The Morgan fingerprint density at radius 1 is 0.571 bits per heavy atom. The molecule has 102 valence electrons. The van der Waals surface area contributed by atoms with Gasteiger partial charge in [-0.25, -0.2) is 0 Å². The van der Waals surface area contributed by atoms with Gasteiger partial charge in [0.2, 0.25) is 5.66 Å². The third kappa shape index (κ3) is 3.09. The lowest BCUT2D eigenvalue weighted by Gasteiger charge is -2.08. The molecule has 2 heteroatoms. The fourth-order valence-corrected chi connectivity index (χ4v) is 4.11. The van der Waals surface area contributed by atoms with Crippen LogP contribution in [-0.2, 0) is 4.57 Å². The Morgan fingerprint density at radius 3 is 1.38 bits per heavy atom. The van der Waals surface area contributed by atoms with Crippen molar-refractivity contribution in [1.29, 1.82) is 0 Å². The van der Waals surface area contributed by atoms with E-state index in [1.54, 1.807) is 0 Å². The van der Waals surface area contributed by atoms with Crippen molar-refractivity contribution in [3.63, 3.8) is 0 Å². The van der Waals surface area contributed by atoms with Crippen molar-refractivity contribution in [2.75, 3.05) is 0 Å². The molecule has 0 aliphatic heterocycles. The average Bonchev–Trinajstić information content (AvgIpc) is 2.58. The van der Waals surface area contributed by atoms with E-state index in [0.717, 1.165) is 16.4 Å². The molecule has 0 aliphatic carbocycles. The maximum absolute atomic E-state index is 13.1. The Hall–Kier alpha value is -2.24. The summed E-state index contributed by atoms with van der Waals surface area (Å²) in [6.07, 6.45) is 0. The van der Waals surface area contributed by atoms with Crippen LogP contribution in [0, 0.1) is 0 Å². The van der Waals surface area contributed by atoms with Gasteiger partial charge in [-0.15, -0.1) is 0 Å². The van der Waals surface area contributed by atoms with Gasteiger partial charge in [0.05, 0.1) is 0 Å². The molecule has 1 unspecified atom stereocenters. The molecule has 0 bridgehead atoms. The van der Waals surface area contributed by atoms with Gasteiger partial charge in [-0.05, 0) is 12.1 Å². The zero-order valence-corrected chi connectivity index (χ0v) is 12.5. The lowest BCUT2D eigenvalue weighted by atomic mass is 10.0. The summed E-state index contributed by atoms with van der Waals surface area (Å²) in [6.45, 7) is 0. The van der Waals surface area contributed by atoms with Crippen LogP contribution in [0.2, 0.25) is 0 Å². The van der Waals surface area contributed by atoms with E-state index in [2.05, 4.69) is 0 Å². The molecule has 0 fully saturated rings. The summed E-state index contributed by atoms with van der Waals surface area (Å²) >= 11 is 0. The van der Waals surface area contributed by atoms with Crippen molar-refractivity contribution < 1.29 is 4.57 Å². The topological polar surface area (TPSA) is 17.1 Å². The highest BCUT2D eigenvalue weighted by atomic mass is 31.1. The Balaban J connectivity index is 2.07. The van der Waals surface area contributed by atoms with Gasteiger partial charge in [0.1, 0.15) is 0 Å². The van der Waals surface area contributed by atoms with Gasteiger partial charge in [-0.2, -0.15) is 0 Å². The zero-order valence-electron chi connectivity index (χ0n) is 11.6. The fourth-order valence-electron chi connectivity index (χ4n) is 2.46. The molecule has 0 saturated heterocycles. The quantitative estimate of drug-likeness (QED) is 0.623. The molecule has 0 radical (unpaired) electrons. The minimum Gasteiger partial charge on any atom is -0.0670 e. The summed E-state index contributed by atoms with van der Waals surface area (Å²) in [5, 5.41) is 0.894. The molecule has 3 rings (SSSR count). The standard InChI is InChI=1S/C19H16OP/c20-21(18-14-8-3-9-15-18)19(16-10-4-1-5-11-16)17-12-6-2-7-13-17/h1-15,19H/q+1. The van der Waals surface area contributed by atoms with Crippen LogP contribution in [0.15, 0.2) is 91.0 Å². The Bertz CT molecular complexity index is 669. The predicted octanol–water partition coefficient (Wildman–Crippen LogP) is 4.93. The molecule has 1 nitrogen and oxygen atoms in total. The molecule has 0 aliphatic rings. The lowest BCUT2D eigenvalue weighted by molar-refractivity contribution is 0.589. The molecule has 0 heterocycles. The first-order valence-electron chi connectivity index (χ1n) is 6.97. The van der Waals surface area contributed by atoms with Gasteiger partial charge in [0, 0.05) is 11.1 Å². The Morgan fingerprint density at radius 2 is 0.952 bits per heavy atom. The highest BCUT2D eigenvalue weighted by Crippen LogP contribution is 2.45. The summed E-state index contributed by atoms with van der Waals surface area (Å²) in [4.78, 5) is 0. The van der Waals surface area contributed by atoms with E-state index < -0.39 is 7.80 Å². The normalized spacial score (nSPS) is 11.4. The molecule has 0 aromatic heterocycles. The zero-order chi connectivity index (χ0) is 14.5. The van der Waals surface area contributed by atoms with Crippen LogP contribution in [0.25, 0.3) is 0 Å². The van der Waals surface area contributed by atoms with Crippen LogP contribution < -0.4 is 5.30 Å². The third-order valence-corrected chi connectivity index (χ3v) is 5.35. The second-order valence-electron chi connectivity index (χ2n) is 4.89. The van der Waals surface area contributed by atoms with Gasteiger partial charge >= 0.3 is 7.80 Å².